The second kappa shape index (κ2) is 39.4. The highest BCUT2D eigenvalue weighted by Crippen LogP contribution is 2.42. The molecular weight excluding hydrogens is 677 g/mol. The number of carbonyl (C=O) groups excluding carboxylic acids is 2. The van der Waals surface area contributed by atoms with Gasteiger partial charge in [0.05, 0.1) is 13.2 Å². The molecule has 0 aromatic heterocycles. The van der Waals surface area contributed by atoms with Gasteiger partial charge in [-0.1, -0.05) is 174 Å². The molecule has 0 aliphatic rings. The highest BCUT2D eigenvalue weighted by Gasteiger charge is 2.23. The molecule has 0 radical (unpaired) electrons. The van der Waals surface area contributed by atoms with E-state index in [-0.39, 0.29) is 32.1 Å². The van der Waals surface area contributed by atoms with Crippen LogP contribution in [0.2, 0.25) is 0 Å². The van der Waals surface area contributed by atoms with E-state index >= 15 is 0 Å². The first-order chi connectivity index (χ1) is 25.3. The van der Waals surface area contributed by atoms with Gasteiger partial charge in [-0.2, -0.15) is 0 Å². The molecule has 9 nitrogen and oxygen atoms in total. The molecule has 0 bridgehead atoms. The number of phosphoric acid groups is 1. The fourth-order valence-corrected chi connectivity index (χ4v) is 6.90. The molecule has 0 saturated heterocycles. The lowest BCUT2D eigenvalue weighted by Gasteiger charge is -2.15. The highest BCUT2D eigenvalue weighted by atomic mass is 31.2. The van der Waals surface area contributed by atoms with E-state index in [1.165, 1.54) is 128 Å². The van der Waals surface area contributed by atoms with E-state index < -0.39 is 26.5 Å². The quantitative estimate of drug-likeness (QED) is 0.0243. The number of unbranched alkanes of at least 4 members (excludes halogenated alkanes) is 26. The Morgan fingerprint density at radius 2 is 0.981 bits per heavy atom. The number of hydrogen-bond donors (Lipinski definition) is 3. The molecule has 10 heteroatoms. The maximum absolute atomic E-state index is 12.1. The molecule has 0 spiro atoms. The minimum atomic E-state index is -4.41. The lowest BCUT2D eigenvalue weighted by atomic mass is 10.0. The summed E-state index contributed by atoms with van der Waals surface area (Å²) in [5.41, 5.74) is 0. The van der Waals surface area contributed by atoms with Crippen LogP contribution in [-0.4, -0.2) is 54.3 Å². The van der Waals surface area contributed by atoms with E-state index in [1.807, 2.05) is 0 Å². The van der Waals surface area contributed by atoms with Crippen molar-refractivity contribution in [1.29, 1.82) is 0 Å². The zero-order valence-electron chi connectivity index (χ0n) is 33.8. The van der Waals surface area contributed by atoms with Crippen LogP contribution in [-0.2, 0) is 27.9 Å². The maximum Gasteiger partial charge on any atom is 0.472 e. The molecule has 0 saturated carbocycles. The molecule has 3 N–H and O–H groups in total. The van der Waals surface area contributed by atoms with Crippen molar-refractivity contribution in [3.63, 3.8) is 0 Å². The average Bonchev–Trinajstić information content (AvgIpc) is 3.13. The monoisotopic (exact) mass is 760 g/mol. The zero-order chi connectivity index (χ0) is 38.2. The Bertz CT molecular complexity index is 871. The van der Waals surface area contributed by atoms with Gasteiger partial charge >= 0.3 is 13.8 Å². The Labute approximate surface area is 319 Å². The summed E-state index contributed by atoms with van der Waals surface area (Å²) in [5.74, 6) is -0.517. The van der Waals surface area contributed by atoms with Crippen LogP contribution in [0.25, 0.3) is 0 Å². The van der Waals surface area contributed by atoms with Gasteiger partial charge in [-0.25, -0.2) is 4.57 Å². The van der Waals surface area contributed by atoms with E-state index in [0.29, 0.717) is 6.42 Å². The Kier molecular flexibility index (Phi) is 38.5. The number of carbonyl (C=O) groups is 2. The van der Waals surface area contributed by atoms with Crippen molar-refractivity contribution in [2.24, 2.45) is 0 Å². The highest BCUT2D eigenvalue weighted by molar-refractivity contribution is 7.47. The summed E-state index contributed by atoms with van der Waals surface area (Å²) in [7, 11) is -4.41. The first kappa shape index (κ1) is 50.8. The molecule has 308 valence electrons. The van der Waals surface area contributed by atoms with Gasteiger partial charge in [0.15, 0.2) is 0 Å². The second-order valence-electron chi connectivity index (χ2n) is 14.7. The Morgan fingerprint density at radius 1 is 0.577 bits per heavy atom. The number of nitrogens with one attached hydrogen (secondary N) is 1. The number of rotatable bonds is 41. The number of esters is 1. The fourth-order valence-electron chi connectivity index (χ4n) is 6.14. The van der Waals surface area contributed by atoms with Crippen LogP contribution in [0.3, 0.4) is 0 Å². The third kappa shape index (κ3) is 39.9. The third-order valence-electron chi connectivity index (χ3n) is 9.45. The molecule has 2 unspecified atom stereocenters. The molecule has 52 heavy (non-hydrogen) atoms. The van der Waals surface area contributed by atoms with Crippen molar-refractivity contribution in [3.8, 4) is 0 Å². The van der Waals surface area contributed by atoms with E-state index in [2.05, 4.69) is 31.3 Å². The number of hydrogen-bond acceptors (Lipinski definition) is 7. The van der Waals surface area contributed by atoms with Crippen LogP contribution >= 0.6 is 7.82 Å². The van der Waals surface area contributed by atoms with Crippen molar-refractivity contribution in [1.82, 2.24) is 5.32 Å². The summed E-state index contributed by atoms with van der Waals surface area (Å²) in [6, 6.07) is 0. The zero-order valence-corrected chi connectivity index (χ0v) is 34.7. The summed E-state index contributed by atoms with van der Waals surface area (Å²) < 4.78 is 26.8. The molecule has 0 heterocycles. The van der Waals surface area contributed by atoms with Gasteiger partial charge in [0.2, 0.25) is 5.91 Å². The standard InChI is InChI=1S/C42H82NO8P/c1-3-5-7-9-11-13-15-17-19-20-21-22-24-26-28-30-32-34-41(45)43-36-37-50-52(47,48)51-39-40(44)38-49-42(46)35-33-31-29-27-25-23-18-16-14-12-10-8-6-4-2/h16,18,40,44H,3-15,17,19-39H2,1-2H3,(H,43,45)(H,47,48)/b18-16-. The van der Waals surface area contributed by atoms with Crippen LogP contribution < -0.4 is 5.32 Å². The van der Waals surface area contributed by atoms with Crippen LogP contribution in [0, 0.1) is 0 Å². The van der Waals surface area contributed by atoms with Crippen molar-refractivity contribution in [2.75, 3.05) is 26.4 Å². The topological polar surface area (TPSA) is 131 Å². The molecule has 0 rings (SSSR count). The molecule has 0 aliphatic heterocycles. The maximum atomic E-state index is 12.1. The average molecular weight is 760 g/mol. The van der Waals surface area contributed by atoms with Gasteiger partial charge in [-0.05, 0) is 38.5 Å². The van der Waals surface area contributed by atoms with Gasteiger partial charge < -0.3 is 20.1 Å². The smallest absolute Gasteiger partial charge is 0.463 e. The molecule has 0 fully saturated rings. The largest absolute Gasteiger partial charge is 0.472 e. The lowest BCUT2D eigenvalue weighted by molar-refractivity contribution is -0.147. The van der Waals surface area contributed by atoms with E-state index in [4.69, 9.17) is 13.8 Å². The third-order valence-corrected chi connectivity index (χ3v) is 10.4. The normalized spacial score (nSPS) is 13.4. The van der Waals surface area contributed by atoms with Crippen molar-refractivity contribution >= 4 is 19.7 Å². The summed E-state index contributed by atoms with van der Waals surface area (Å²) >= 11 is 0. The summed E-state index contributed by atoms with van der Waals surface area (Å²) in [4.78, 5) is 33.9. The SMILES string of the molecule is CCCCCCC/C=C\CCCCCCCC(=O)OCC(O)COP(=O)(O)OCCNC(=O)CCCCCCCCCCCCCCCCCCC. The van der Waals surface area contributed by atoms with Crippen LogP contribution in [0.5, 0.6) is 0 Å². The summed E-state index contributed by atoms with van der Waals surface area (Å²) in [5, 5.41) is 12.7. The van der Waals surface area contributed by atoms with Crippen molar-refractivity contribution in [2.45, 2.75) is 219 Å². The van der Waals surface area contributed by atoms with Crippen molar-refractivity contribution < 1.29 is 37.9 Å². The minimum Gasteiger partial charge on any atom is -0.463 e. The molecular formula is C42H82NO8P. The number of amides is 1. The molecule has 1 amide bonds. The molecule has 2 atom stereocenters. The predicted octanol–water partition coefficient (Wildman–Crippen LogP) is 11.8. The lowest BCUT2D eigenvalue weighted by Crippen LogP contribution is -2.27. The first-order valence-electron chi connectivity index (χ1n) is 21.7. The van der Waals surface area contributed by atoms with Gasteiger partial charge in [0.25, 0.3) is 0 Å². The molecule has 0 aliphatic carbocycles. The second-order valence-corrected chi connectivity index (χ2v) is 16.1. The first-order valence-corrected chi connectivity index (χ1v) is 23.2. The van der Waals surface area contributed by atoms with Gasteiger partial charge in [0, 0.05) is 19.4 Å². The number of allylic oxidation sites excluding steroid dienone is 2. The molecule has 0 aromatic rings. The van der Waals surface area contributed by atoms with E-state index in [0.717, 1.165) is 57.8 Å². The fraction of sp³-hybridized carbons (Fsp3) is 0.905. The van der Waals surface area contributed by atoms with Crippen LogP contribution in [0.15, 0.2) is 12.2 Å². The minimum absolute atomic E-state index is 0.0855. The van der Waals surface area contributed by atoms with Gasteiger partial charge in [-0.3, -0.25) is 18.6 Å². The van der Waals surface area contributed by atoms with Gasteiger partial charge in [0.1, 0.15) is 12.7 Å². The number of aliphatic hydroxyl groups excluding tert-OH is 1. The Balaban J connectivity index is 3.57. The van der Waals surface area contributed by atoms with Gasteiger partial charge in [-0.15, -0.1) is 0 Å². The Hall–Kier alpha value is -1.25. The Morgan fingerprint density at radius 3 is 1.44 bits per heavy atom. The number of phosphoric ester groups is 1. The van der Waals surface area contributed by atoms with E-state index in [9.17, 15) is 24.2 Å². The number of ether oxygens (including phenoxy) is 1. The predicted molar refractivity (Wildman–Crippen MR) is 215 cm³/mol. The summed E-state index contributed by atoms with van der Waals surface area (Å²) in [6.45, 7) is 3.56. The van der Waals surface area contributed by atoms with Crippen LogP contribution in [0.1, 0.15) is 213 Å². The number of aliphatic hydroxyl groups is 1. The van der Waals surface area contributed by atoms with E-state index in [1.54, 1.807) is 0 Å². The van der Waals surface area contributed by atoms with Crippen molar-refractivity contribution in [3.05, 3.63) is 12.2 Å². The molecule has 0 aromatic carbocycles. The summed E-state index contributed by atoms with van der Waals surface area (Å²) in [6.07, 6.45) is 40.0. The van der Waals surface area contributed by atoms with Crippen LogP contribution in [0.4, 0.5) is 0 Å².